The van der Waals surface area contributed by atoms with Crippen LogP contribution in [0.15, 0.2) is 35.5 Å². The average Bonchev–Trinajstić information content (AvgIpc) is 2.61. The van der Waals surface area contributed by atoms with Crippen molar-refractivity contribution in [3.05, 3.63) is 35.5 Å². The lowest BCUT2D eigenvalue weighted by Crippen LogP contribution is -2.33. The number of hydrogen-bond donors (Lipinski definition) is 3. The van der Waals surface area contributed by atoms with Crippen molar-refractivity contribution in [2.24, 2.45) is 17.3 Å². The molecule has 29 heavy (non-hydrogen) atoms. The number of aliphatic hydroxyl groups is 3. The van der Waals surface area contributed by atoms with Gasteiger partial charge in [0.15, 0.2) is 0 Å². The maximum Gasteiger partial charge on any atom is 0.0811 e. The van der Waals surface area contributed by atoms with Crippen molar-refractivity contribution in [3.8, 4) is 0 Å². The molecule has 0 heterocycles. The molecule has 0 aromatic rings. The van der Waals surface area contributed by atoms with Crippen LogP contribution in [0.25, 0.3) is 0 Å². The highest BCUT2D eigenvalue weighted by Gasteiger charge is 2.37. The van der Waals surface area contributed by atoms with E-state index in [1.165, 1.54) is 24.8 Å². The second kappa shape index (κ2) is 9.94. The maximum absolute atomic E-state index is 10.1. The van der Waals surface area contributed by atoms with Crippen molar-refractivity contribution in [1.82, 2.24) is 0 Å². The highest BCUT2D eigenvalue weighted by atomic mass is 16.3. The molecule has 0 amide bonds. The van der Waals surface area contributed by atoms with Crippen LogP contribution in [0.2, 0.25) is 0 Å². The normalized spacial score (nSPS) is 33.9. The van der Waals surface area contributed by atoms with E-state index in [4.69, 9.17) is 0 Å². The van der Waals surface area contributed by atoms with Crippen LogP contribution in [0.1, 0.15) is 92.4 Å². The molecule has 0 bridgehead atoms. The Morgan fingerprint density at radius 1 is 1.24 bits per heavy atom. The second-order valence-electron chi connectivity index (χ2n) is 10.8. The first kappa shape index (κ1) is 24.4. The minimum absolute atomic E-state index is 0.305. The molecule has 0 unspecified atom stereocenters. The fourth-order valence-corrected chi connectivity index (χ4v) is 5.22. The van der Waals surface area contributed by atoms with E-state index in [9.17, 15) is 15.3 Å². The number of allylic oxidation sites excluding steroid dienone is 3. The molecular weight excluding hydrogens is 360 g/mol. The van der Waals surface area contributed by atoms with Crippen molar-refractivity contribution in [1.29, 1.82) is 0 Å². The molecule has 0 saturated heterocycles. The second-order valence-corrected chi connectivity index (χ2v) is 10.8. The third kappa shape index (κ3) is 7.08. The molecule has 2 aliphatic rings. The zero-order chi connectivity index (χ0) is 21.8. The lowest BCUT2D eigenvalue weighted by atomic mass is 9.62. The number of hydrogen-bond acceptors (Lipinski definition) is 3. The van der Waals surface area contributed by atoms with E-state index in [0.29, 0.717) is 30.1 Å². The van der Waals surface area contributed by atoms with Crippen LogP contribution in [-0.2, 0) is 0 Å². The van der Waals surface area contributed by atoms with E-state index < -0.39 is 17.8 Å². The lowest BCUT2D eigenvalue weighted by Gasteiger charge is -2.43. The SMILES string of the molecule is C=C1/C(=C\C=C2/CCC[C@](C)([C@H](C)[C@H](C)CCCC(C)(C)O)C2)C[C@@H](O)C[C@@H]1O. The first-order valence-corrected chi connectivity index (χ1v) is 11.6. The van der Waals surface area contributed by atoms with Gasteiger partial charge >= 0.3 is 0 Å². The van der Waals surface area contributed by atoms with Crippen LogP contribution >= 0.6 is 0 Å². The Hall–Kier alpha value is -0.900. The summed E-state index contributed by atoms with van der Waals surface area (Å²) in [4.78, 5) is 0. The van der Waals surface area contributed by atoms with Crippen molar-refractivity contribution < 1.29 is 15.3 Å². The Labute approximate surface area is 178 Å². The fourth-order valence-electron chi connectivity index (χ4n) is 5.22. The monoisotopic (exact) mass is 404 g/mol. The van der Waals surface area contributed by atoms with Crippen molar-refractivity contribution >= 4 is 0 Å². The molecule has 0 spiro atoms. The minimum Gasteiger partial charge on any atom is -0.393 e. The zero-order valence-corrected chi connectivity index (χ0v) is 19.4. The summed E-state index contributed by atoms with van der Waals surface area (Å²) in [5.74, 6) is 1.28. The summed E-state index contributed by atoms with van der Waals surface area (Å²) < 4.78 is 0. The Bertz CT molecular complexity index is 624. The van der Waals surface area contributed by atoms with Crippen LogP contribution in [0, 0.1) is 17.3 Å². The molecule has 0 aromatic heterocycles. The molecule has 5 atom stereocenters. The van der Waals surface area contributed by atoms with Crippen LogP contribution in [0.3, 0.4) is 0 Å². The topological polar surface area (TPSA) is 60.7 Å². The maximum atomic E-state index is 10.1. The minimum atomic E-state index is -0.621. The molecule has 2 fully saturated rings. The largest absolute Gasteiger partial charge is 0.393 e. The van der Waals surface area contributed by atoms with Crippen LogP contribution < -0.4 is 0 Å². The molecule has 0 radical (unpaired) electrons. The molecule has 2 saturated carbocycles. The van der Waals surface area contributed by atoms with Gasteiger partial charge in [-0.3, -0.25) is 0 Å². The van der Waals surface area contributed by atoms with Gasteiger partial charge in [0.25, 0.3) is 0 Å². The van der Waals surface area contributed by atoms with E-state index in [1.807, 2.05) is 13.8 Å². The zero-order valence-electron chi connectivity index (χ0n) is 19.4. The summed E-state index contributed by atoms with van der Waals surface area (Å²) in [6, 6.07) is 0. The molecular formula is C26H44O3. The number of aliphatic hydroxyl groups excluding tert-OH is 2. The van der Waals surface area contributed by atoms with Crippen molar-refractivity contribution in [2.45, 2.75) is 110 Å². The molecule has 3 N–H and O–H groups in total. The quantitative estimate of drug-likeness (QED) is 0.510. The highest BCUT2D eigenvalue weighted by molar-refractivity contribution is 5.38. The predicted octanol–water partition coefficient (Wildman–Crippen LogP) is 5.70. The Balaban J connectivity index is 2.01. The van der Waals surface area contributed by atoms with Crippen molar-refractivity contribution in [2.75, 3.05) is 0 Å². The molecule has 2 rings (SSSR count). The van der Waals surface area contributed by atoms with Gasteiger partial charge in [-0.15, -0.1) is 0 Å². The summed E-state index contributed by atoms with van der Waals surface area (Å²) in [6.45, 7) is 15.0. The van der Waals surface area contributed by atoms with E-state index in [0.717, 1.165) is 36.8 Å². The summed E-state index contributed by atoms with van der Waals surface area (Å²) in [6.07, 6.45) is 12.1. The molecule has 0 aliphatic heterocycles. The van der Waals surface area contributed by atoms with Gasteiger partial charge in [0.05, 0.1) is 17.8 Å². The van der Waals surface area contributed by atoms with Crippen LogP contribution in [0.5, 0.6) is 0 Å². The standard InChI is InChI=1S/C26H44O3/c1-18(9-7-13-25(4,5)29)20(3)26(6)14-8-10-21(17-26)11-12-22-15-23(27)16-24(28)19(22)2/h11-12,18,20,23-24,27-29H,2,7-10,13-17H2,1,3-6H3/b21-11+,22-12-/t18-,20-,23-,24+,26+/m1/s1. The first-order chi connectivity index (χ1) is 13.4. The molecule has 3 heteroatoms. The summed E-state index contributed by atoms with van der Waals surface area (Å²) in [5, 5.41) is 30.0. The summed E-state index contributed by atoms with van der Waals surface area (Å²) >= 11 is 0. The Morgan fingerprint density at radius 3 is 2.59 bits per heavy atom. The van der Waals surface area contributed by atoms with Crippen LogP contribution in [0.4, 0.5) is 0 Å². The van der Waals surface area contributed by atoms with Gasteiger partial charge in [-0.2, -0.15) is 0 Å². The van der Waals surface area contributed by atoms with Gasteiger partial charge < -0.3 is 15.3 Å². The highest BCUT2D eigenvalue weighted by Crippen LogP contribution is 2.48. The Kier molecular flexibility index (Phi) is 8.35. The molecule has 0 aromatic carbocycles. The summed E-state index contributed by atoms with van der Waals surface area (Å²) in [7, 11) is 0. The van der Waals surface area contributed by atoms with Gasteiger partial charge in [-0.1, -0.05) is 57.9 Å². The third-order valence-electron chi connectivity index (χ3n) is 7.56. The summed E-state index contributed by atoms with van der Waals surface area (Å²) in [5.41, 5.74) is 2.97. The molecule has 3 nitrogen and oxygen atoms in total. The third-order valence-corrected chi connectivity index (χ3v) is 7.56. The van der Waals surface area contributed by atoms with Crippen LogP contribution in [-0.4, -0.2) is 33.1 Å². The van der Waals surface area contributed by atoms with E-state index in [2.05, 4.69) is 39.5 Å². The lowest BCUT2D eigenvalue weighted by molar-refractivity contribution is 0.0610. The molecule has 2 aliphatic carbocycles. The van der Waals surface area contributed by atoms with E-state index >= 15 is 0 Å². The van der Waals surface area contributed by atoms with Crippen molar-refractivity contribution in [3.63, 3.8) is 0 Å². The van der Waals surface area contributed by atoms with Gasteiger partial charge in [0.2, 0.25) is 0 Å². The van der Waals surface area contributed by atoms with Gasteiger partial charge in [-0.25, -0.2) is 0 Å². The van der Waals surface area contributed by atoms with Gasteiger partial charge in [0.1, 0.15) is 0 Å². The predicted molar refractivity (Wildman–Crippen MR) is 122 cm³/mol. The average molecular weight is 405 g/mol. The Morgan fingerprint density at radius 2 is 1.93 bits per heavy atom. The first-order valence-electron chi connectivity index (χ1n) is 11.6. The smallest absolute Gasteiger partial charge is 0.0811 e. The molecule has 166 valence electrons. The number of rotatable bonds is 7. The van der Waals surface area contributed by atoms with Gasteiger partial charge in [0, 0.05) is 6.42 Å². The van der Waals surface area contributed by atoms with Gasteiger partial charge in [-0.05, 0) is 80.8 Å². The van der Waals surface area contributed by atoms with E-state index in [1.54, 1.807) is 0 Å². The van der Waals surface area contributed by atoms with E-state index in [-0.39, 0.29) is 0 Å². The fraction of sp³-hybridized carbons (Fsp3) is 0.769.